The zero-order valence-corrected chi connectivity index (χ0v) is 16.9. The highest BCUT2D eigenvalue weighted by atomic mass is 16.3. The van der Waals surface area contributed by atoms with E-state index >= 15 is 0 Å². The third-order valence-electron chi connectivity index (χ3n) is 4.93. The van der Waals surface area contributed by atoms with Crippen LogP contribution in [-0.2, 0) is 11.3 Å². The van der Waals surface area contributed by atoms with Gasteiger partial charge in [-0.05, 0) is 33.9 Å². The van der Waals surface area contributed by atoms with Crippen LogP contribution in [0.15, 0.2) is 22.7 Å². The number of amides is 3. The maximum Gasteiger partial charge on any atom is 0.320 e. The molecule has 0 spiro atoms. The van der Waals surface area contributed by atoms with E-state index in [0.717, 1.165) is 43.3 Å². The number of carbonyl (C=O) groups excluding carboxylic acids is 2. The fraction of sp³-hybridized carbons (Fsp3) is 0.526. The first-order valence-electron chi connectivity index (χ1n) is 9.46. The summed E-state index contributed by atoms with van der Waals surface area (Å²) in [6.07, 6.45) is 1.69. The van der Waals surface area contributed by atoms with Crippen molar-refractivity contribution in [3.8, 4) is 0 Å². The number of nitrogens with one attached hydrogen (secondary N) is 2. The molecule has 1 saturated heterocycles. The van der Waals surface area contributed by atoms with Crippen molar-refractivity contribution in [2.75, 3.05) is 38.5 Å². The highest BCUT2D eigenvalue weighted by Crippen LogP contribution is 2.21. The minimum Gasteiger partial charge on any atom is -0.466 e. The molecule has 1 unspecified atom stereocenters. The third-order valence-corrected chi connectivity index (χ3v) is 4.93. The molecule has 2 N–H and O–H groups in total. The van der Waals surface area contributed by atoms with Crippen LogP contribution < -0.4 is 10.6 Å². The van der Waals surface area contributed by atoms with Gasteiger partial charge in [0.25, 0.3) is 0 Å². The average molecular weight is 388 g/mol. The van der Waals surface area contributed by atoms with Crippen molar-refractivity contribution in [1.29, 1.82) is 0 Å². The standard InChI is InChI=1S/C19H28N6O3/c1-13-11-16(15(3)28-13)14(2)20-19(27)21-17-5-6-25(22-17)12-18(26)24-9-7-23(4)8-10-24/h5-6,11,14H,7-10,12H2,1-4H3,(H2,20,21,22,27). The summed E-state index contributed by atoms with van der Waals surface area (Å²) in [6.45, 7) is 9.03. The zero-order chi connectivity index (χ0) is 20.3. The summed E-state index contributed by atoms with van der Waals surface area (Å²) in [5, 5.41) is 9.84. The Kier molecular flexibility index (Phi) is 6.03. The van der Waals surface area contributed by atoms with Gasteiger partial charge in [0.05, 0.1) is 6.04 Å². The number of likely N-dealkylation sites (N-methyl/N-ethyl adjacent to an activating group) is 1. The van der Waals surface area contributed by atoms with Crippen LogP contribution in [0, 0.1) is 13.8 Å². The number of nitrogens with zero attached hydrogens (tertiary/aromatic N) is 4. The molecule has 3 amide bonds. The number of carbonyl (C=O) groups is 2. The fourth-order valence-corrected chi connectivity index (χ4v) is 3.32. The quantitative estimate of drug-likeness (QED) is 0.814. The molecule has 9 nitrogen and oxygen atoms in total. The van der Waals surface area contributed by atoms with Crippen molar-refractivity contribution in [2.45, 2.75) is 33.4 Å². The molecule has 3 rings (SSSR count). The van der Waals surface area contributed by atoms with E-state index in [0.29, 0.717) is 5.82 Å². The third kappa shape index (κ3) is 4.92. The first-order valence-corrected chi connectivity index (χ1v) is 9.46. The van der Waals surface area contributed by atoms with Gasteiger partial charge in [-0.25, -0.2) is 4.79 Å². The van der Waals surface area contributed by atoms with Crippen LogP contribution in [0.3, 0.4) is 0 Å². The molecule has 152 valence electrons. The number of hydrogen-bond donors (Lipinski definition) is 2. The predicted octanol–water partition coefficient (Wildman–Crippen LogP) is 1.75. The van der Waals surface area contributed by atoms with Crippen LogP contribution in [-0.4, -0.2) is 64.7 Å². The van der Waals surface area contributed by atoms with Crippen LogP contribution in [0.25, 0.3) is 0 Å². The Morgan fingerprint density at radius 3 is 2.61 bits per heavy atom. The largest absolute Gasteiger partial charge is 0.466 e. The lowest BCUT2D eigenvalue weighted by atomic mass is 10.1. The lowest BCUT2D eigenvalue weighted by Crippen LogP contribution is -2.48. The molecule has 2 aromatic rings. The number of anilines is 1. The van der Waals surface area contributed by atoms with E-state index in [1.165, 1.54) is 0 Å². The van der Waals surface area contributed by atoms with Crippen molar-refractivity contribution in [2.24, 2.45) is 0 Å². The van der Waals surface area contributed by atoms with Gasteiger partial charge in [0.15, 0.2) is 5.82 Å². The summed E-state index contributed by atoms with van der Waals surface area (Å²) in [7, 11) is 2.05. The monoisotopic (exact) mass is 388 g/mol. The Morgan fingerprint density at radius 2 is 1.96 bits per heavy atom. The molecule has 28 heavy (non-hydrogen) atoms. The van der Waals surface area contributed by atoms with Gasteiger partial charge >= 0.3 is 6.03 Å². The molecule has 1 aliphatic heterocycles. The Hall–Kier alpha value is -2.81. The van der Waals surface area contributed by atoms with E-state index in [-0.39, 0.29) is 24.5 Å². The van der Waals surface area contributed by atoms with E-state index in [1.807, 2.05) is 38.8 Å². The van der Waals surface area contributed by atoms with Gasteiger partial charge in [0, 0.05) is 44.0 Å². The van der Waals surface area contributed by atoms with Crippen molar-refractivity contribution >= 4 is 17.8 Å². The number of urea groups is 1. The smallest absolute Gasteiger partial charge is 0.320 e. The summed E-state index contributed by atoms with van der Waals surface area (Å²) >= 11 is 0. The molecule has 1 aliphatic rings. The number of hydrogen-bond acceptors (Lipinski definition) is 5. The van der Waals surface area contributed by atoms with Crippen LogP contribution >= 0.6 is 0 Å². The van der Waals surface area contributed by atoms with E-state index < -0.39 is 0 Å². The summed E-state index contributed by atoms with van der Waals surface area (Å²) in [4.78, 5) is 28.7. The molecule has 3 heterocycles. The average Bonchev–Trinajstić information content (AvgIpc) is 3.20. The van der Waals surface area contributed by atoms with Gasteiger partial charge < -0.3 is 19.5 Å². The van der Waals surface area contributed by atoms with Crippen molar-refractivity contribution in [3.63, 3.8) is 0 Å². The topological polar surface area (TPSA) is 95.6 Å². The number of piperazine rings is 1. The highest BCUT2D eigenvalue weighted by Gasteiger charge is 2.20. The van der Waals surface area contributed by atoms with Crippen LogP contribution in [0.1, 0.15) is 30.0 Å². The van der Waals surface area contributed by atoms with Crippen LogP contribution in [0.5, 0.6) is 0 Å². The van der Waals surface area contributed by atoms with Gasteiger partial charge in [0.2, 0.25) is 5.91 Å². The maximum absolute atomic E-state index is 12.4. The second-order valence-corrected chi connectivity index (χ2v) is 7.27. The Balaban J connectivity index is 1.50. The number of aryl methyl sites for hydroxylation is 2. The molecule has 0 radical (unpaired) electrons. The lowest BCUT2D eigenvalue weighted by molar-refractivity contribution is -0.133. The van der Waals surface area contributed by atoms with Crippen LogP contribution in [0.4, 0.5) is 10.6 Å². The maximum atomic E-state index is 12.4. The summed E-state index contributed by atoms with van der Waals surface area (Å²) in [6, 6.07) is 3.04. The number of aromatic nitrogens is 2. The Bertz CT molecular complexity index is 835. The van der Waals surface area contributed by atoms with E-state index in [9.17, 15) is 9.59 Å². The molecule has 0 bridgehead atoms. The lowest BCUT2D eigenvalue weighted by Gasteiger charge is -2.32. The molecule has 0 aromatic carbocycles. The van der Waals surface area contributed by atoms with E-state index in [1.54, 1.807) is 16.9 Å². The minimum atomic E-state index is -0.360. The van der Waals surface area contributed by atoms with Gasteiger partial charge in [-0.15, -0.1) is 0 Å². The van der Waals surface area contributed by atoms with E-state index in [2.05, 4.69) is 20.6 Å². The molecule has 1 fully saturated rings. The molecule has 0 aliphatic carbocycles. The molecule has 9 heteroatoms. The van der Waals surface area contributed by atoms with Gasteiger partial charge in [-0.2, -0.15) is 5.10 Å². The Labute approximate surface area is 164 Å². The van der Waals surface area contributed by atoms with Crippen molar-refractivity contribution < 1.29 is 14.0 Å². The van der Waals surface area contributed by atoms with Gasteiger partial charge in [0.1, 0.15) is 18.1 Å². The predicted molar refractivity (Wildman–Crippen MR) is 105 cm³/mol. The molecule has 2 aromatic heterocycles. The normalized spacial score (nSPS) is 16.1. The fourth-order valence-electron chi connectivity index (χ4n) is 3.32. The van der Waals surface area contributed by atoms with Crippen molar-refractivity contribution in [3.05, 3.63) is 35.4 Å². The van der Waals surface area contributed by atoms with Crippen LogP contribution in [0.2, 0.25) is 0 Å². The number of rotatable bonds is 5. The van der Waals surface area contributed by atoms with Crippen molar-refractivity contribution in [1.82, 2.24) is 24.9 Å². The first kappa shape index (κ1) is 19.9. The second kappa shape index (κ2) is 8.47. The molecular weight excluding hydrogens is 360 g/mol. The number of furan rings is 1. The zero-order valence-electron chi connectivity index (χ0n) is 16.9. The molecule has 0 saturated carbocycles. The SMILES string of the molecule is Cc1cc(C(C)NC(=O)Nc2ccn(CC(=O)N3CCN(C)CC3)n2)c(C)o1. The Morgan fingerprint density at radius 1 is 1.25 bits per heavy atom. The molecule has 1 atom stereocenters. The first-order chi connectivity index (χ1) is 13.3. The van der Waals surface area contributed by atoms with Gasteiger partial charge in [-0.3, -0.25) is 14.8 Å². The minimum absolute atomic E-state index is 0.0339. The van der Waals surface area contributed by atoms with E-state index in [4.69, 9.17) is 4.42 Å². The summed E-state index contributed by atoms with van der Waals surface area (Å²) in [5.74, 6) is 2.03. The molecular formula is C19H28N6O3. The summed E-state index contributed by atoms with van der Waals surface area (Å²) in [5.41, 5.74) is 0.941. The highest BCUT2D eigenvalue weighted by molar-refractivity contribution is 5.88. The van der Waals surface area contributed by atoms with Gasteiger partial charge in [-0.1, -0.05) is 0 Å². The summed E-state index contributed by atoms with van der Waals surface area (Å²) < 4.78 is 7.05. The second-order valence-electron chi connectivity index (χ2n) is 7.27.